The second-order valence-electron chi connectivity index (χ2n) is 7.14. The van der Waals surface area contributed by atoms with Gasteiger partial charge in [0.25, 0.3) is 5.91 Å². The Morgan fingerprint density at radius 3 is 2.08 bits per heavy atom. The van der Waals surface area contributed by atoms with Crippen molar-refractivity contribution in [2.45, 2.75) is 38.5 Å². The molecule has 0 spiro atoms. The van der Waals surface area contributed by atoms with Crippen molar-refractivity contribution in [2.24, 2.45) is 5.92 Å². The summed E-state index contributed by atoms with van der Waals surface area (Å²) in [6, 6.07) is 10.6. The monoisotopic (exact) mass is 350 g/mol. The molecular weight excluding hydrogens is 328 g/mol. The van der Waals surface area contributed by atoms with Gasteiger partial charge in [-0.15, -0.1) is 0 Å². The zero-order chi connectivity index (χ0) is 18.1. The van der Waals surface area contributed by atoms with Crippen LogP contribution in [-0.4, -0.2) is 16.9 Å². The van der Waals surface area contributed by atoms with Crippen LogP contribution < -0.4 is 10.6 Å². The van der Waals surface area contributed by atoms with Gasteiger partial charge in [-0.2, -0.15) is 0 Å². The Hall–Kier alpha value is -2.82. The largest absolute Gasteiger partial charge is 0.507 e. The van der Waals surface area contributed by atoms with E-state index in [0.717, 1.165) is 55.3 Å². The number of aryl methyl sites for hydroxylation is 2. The highest BCUT2D eigenvalue weighted by Gasteiger charge is 2.29. The first-order chi connectivity index (χ1) is 12.6. The van der Waals surface area contributed by atoms with Crippen molar-refractivity contribution < 1.29 is 14.7 Å². The number of carbonyl (C=O) groups excluding carboxylic acids is 2. The molecule has 4 rings (SSSR count). The first-order valence-corrected chi connectivity index (χ1v) is 9.17. The van der Waals surface area contributed by atoms with E-state index in [4.69, 9.17) is 0 Å². The van der Waals surface area contributed by atoms with Crippen molar-refractivity contribution in [1.29, 1.82) is 0 Å². The number of nitrogens with one attached hydrogen (secondary N) is 2. The SMILES string of the molecule is O=C(Nc1ccc(NC(=O)C2CC2)cc1)c1cc2c(cc1O)CCCC2. The minimum Gasteiger partial charge on any atom is -0.507 e. The lowest BCUT2D eigenvalue weighted by molar-refractivity contribution is -0.117. The summed E-state index contributed by atoms with van der Waals surface area (Å²) in [7, 11) is 0. The van der Waals surface area contributed by atoms with Gasteiger partial charge in [0.1, 0.15) is 5.75 Å². The summed E-state index contributed by atoms with van der Waals surface area (Å²) in [5.41, 5.74) is 3.93. The van der Waals surface area contributed by atoms with Crippen LogP contribution in [0.4, 0.5) is 11.4 Å². The highest BCUT2D eigenvalue weighted by atomic mass is 16.3. The van der Waals surface area contributed by atoms with Crippen LogP contribution in [0.15, 0.2) is 36.4 Å². The van der Waals surface area contributed by atoms with Gasteiger partial charge < -0.3 is 15.7 Å². The van der Waals surface area contributed by atoms with Gasteiger partial charge >= 0.3 is 0 Å². The number of anilines is 2. The zero-order valence-electron chi connectivity index (χ0n) is 14.5. The zero-order valence-corrected chi connectivity index (χ0v) is 14.5. The van der Waals surface area contributed by atoms with Crippen LogP contribution in [0, 0.1) is 5.92 Å². The molecule has 0 aromatic heterocycles. The van der Waals surface area contributed by atoms with E-state index in [0.29, 0.717) is 11.3 Å². The van der Waals surface area contributed by atoms with E-state index < -0.39 is 0 Å². The topological polar surface area (TPSA) is 78.4 Å². The number of phenolic OH excluding ortho intramolecular Hbond substituents is 1. The molecule has 0 radical (unpaired) electrons. The molecule has 2 amide bonds. The number of rotatable bonds is 4. The van der Waals surface area contributed by atoms with E-state index in [1.807, 2.05) is 6.07 Å². The number of phenols is 1. The number of hydrogen-bond donors (Lipinski definition) is 3. The Morgan fingerprint density at radius 2 is 1.46 bits per heavy atom. The van der Waals surface area contributed by atoms with E-state index in [9.17, 15) is 14.7 Å². The molecule has 26 heavy (non-hydrogen) atoms. The Kier molecular flexibility index (Phi) is 4.37. The Balaban J connectivity index is 1.45. The number of hydrogen-bond acceptors (Lipinski definition) is 3. The molecule has 0 atom stereocenters. The van der Waals surface area contributed by atoms with Gasteiger partial charge in [0.05, 0.1) is 5.56 Å². The molecule has 5 nitrogen and oxygen atoms in total. The fourth-order valence-corrected chi connectivity index (χ4v) is 3.38. The second-order valence-corrected chi connectivity index (χ2v) is 7.14. The second kappa shape index (κ2) is 6.83. The predicted octanol–water partition coefficient (Wildman–Crippen LogP) is 3.87. The molecule has 1 saturated carbocycles. The van der Waals surface area contributed by atoms with Crippen LogP contribution in [0.25, 0.3) is 0 Å². The van der Waals surface area contributed by atoms with Crippen molar-refractivity contribution in [3.63, 3.8) is 0 Å². The minimum absolute atomic E-state index is 0.0245. The third-order valence-corrected chi connectivity index (χ3v) is 5.06. The molecule has 0 unspecified atom stereocenters. The first kappa shape index (κ1) is 16.6. The lowest BCUT2D eigenvalue weighted by Gasteiger charge is -2.17. The summed E-state index contributed by atoms with van der Waals surface area (Å²) in [5, 5.41) is 15.9. The highest BCUT2D eigenvalue weighted by Crippen LogP contribution is 2.31. The summed E-state index contributed by atoms with van der Waals surface area (Å²) >= 11 is 0. The van der Waals surface area contributed by atoms with Gasteiger partial charge in [0, 0.05) is 17.3 Å². The fraction of sp³-hybridized carbons (Fsp3) is 0.333. The highest BCUT2D eigenvalue weighted by molar-refractivity contribution is 6.06. The van der Waals surface area contributed by atoms with Gasteiger partial charge in [0.15, 0.2) is 0 Å². The summed E-state index contributed by atoms with van der Waals surface area (Å²) in [5.74, 6) is -0.0933. The molecular formula is C21H22N2O3. The number of carbonyl (C=O) groups is 2. The third-order valence-electron chi connectivity index (χ3n) is 5.06. The average molecular weight is 350 g/mol. The molecule has 2 aliphatic carbocycles. The van der Waals surface area contributed by atoms with E-state index >= 15 is 0 Å². The van der Waals surface area contributed by atoms with E-state index in [1.165, 1.54) is 0 Å². The Bertz CT molecular complexity index is 854. The van der Waals surface area contributed by atoms with Gasteiger partial charge in [0.2, 0.25) is 5.91 Å². The fourth-order valence-electron chi connectivity index (χ4n) is 3.38. The van der Waals surface area contributed by atoms with Crippen LogP contribution in [0.1, 0.15) is 47.2 Å². The number of fused-ring (bicyclic) bond motifs is 1. The molecule has 2 aliphatic rings. The first-order valence-electron chi connectivity index (χ1n) is 9.17. The Labute approximate surface area is 152 Å². The quantitative estimate of drug-likeness (QED) is 0.783. The van der Waals surface area contributed by atoms with Crippen molar-refractivity contribution in [2.75, 3.05) is 10.6 Å². The van der Waals surface area contributed by atoms with Gasteiger partial charge in [-0.3, -0.25) is 9.59 Å². The minimum atomic E-state index is -0.328. The van der Waals surface area contributed by atoms with E-state index in [-0.39, 0.29) is 23.5 Å². The molecule has 0 aliphatic heterocycles. The van der Waals surface area contributed by atoms with Crippen LogP contribution in [0.3, 0.4) is 0 Å². The lowest BCUT2D eigenvalue weighted by Crippen LogP contribution is -2.15. The molecule has 2 aromatic carbocycles. The molecule has 5 heteroatoms. The predicted molar refractivity (Wildman–Crippen MR) is 100 cm³/mol. The van der Waals surface area contributed by atoms with Crippen molar-refractivity contribution >= 4 is 23.2 Å². The maximum Gasteiger partial charge on any atom is 0.259 e. The van der Waals surface area contributed by atoms with E-state index in [2.05, 4.69) is 10.6 Å². The van der Waals surface area contributed by atoms with Gasteiger partial charge in [-0.05, 0) is 86.1 Å². The lowest BCUT2D eigenvalue weighted by atomic mass is 9.90. The normalized spacial score (nSPS) is 15.8. The van der Waals surface area contributed by atoms with Crippen molar-refractivity contribution in [3.8, 4) is 5.75 Å². The van der Waals surface area contributed by atoms with Crippen LogP contribution in [0.2, 0.25) is 0 Å². The maximum atomic E-state index is 12.5. The van der Waals surface area contributed by atoms with Crippen molar-refractivity contribution in [1.82, 2.24) is 0 Å². The van der Waals surface area contributed by atoms with Gasteiger partial charge in [-0.25, -0.2) is 0 Å². The molecule has 0 saturated heterocycles. The molecule has 0 bridgehead atoms. The summed E-state index contributed by atoms with van der Waals surface area (Å²) in [6.45, 7) is 0. The Morgan fingerprint density at radius 1 is 0.885 bits per heavy atom. The van der Waals surface area contributed by atoms with E-state index in [1.54, 1.807) is 30.3 Å². The summed E-state index contributed by atoms with van der Waals surface area (Å²) in [4.78, 5) is 24.3. The maximum absolute atomic E-state index is 12.5. The number of benzene rings is 2. The van der Waals surface area contributed by atoms with Crippen LogP contribution in [-0.2, 0) is 17.6 Å². The summed E-state index contributed by atoms with van der Waals surface area (Å²) in [6.07, 6.45) is 6.08. The molecule has 134 valence electrons. The van der Waals surface area contributed by atoms with Gasteiger partial charge in [-0.1, -0.05) is 0 Å². The van der Waals surface area contributed by atoms with Crippen LogP contribution in [0.5, 0.6) is 5.75 Å². The molecule has 2 aromatic rings. The molecule has 1 fully saturated rings. The standard InChI is InChI=1S/C21H22N2O3/c24-19-12-15-4-2-1-3-14(15)11-18(19)21(26)23-17-9-7-16(8-10-17)22-20(25)13-5-6-13/h7-13,24H,1-6H2,(H,22,25)(H,23,26). The molecule has 0 heterocycles. The average Bonchev–Trinajstić information content (AvgIpc) is 3.48. The number of amides is 2. The molecule has 3 N–H and O–H groups in total. The summed E-state index contributed by atoms with van der Waals surface area (Å²) < 4.78 is 0. The smallest absolute Gasteiger partial charge is 0.259 e. The third kappa shape index (κ3) is 3.57. The number of aromatic hydroxyl groups is 1. The van der Waals surface area contributed by atoms with Crippen LogP contribution >= 0.6 is 0 Å². The van der Waals surface area contributed by atoms with Crippen molar-refractivity contribution in [3.05, 3.63) is 53.1 Å².